The summed E-state index contributed by atoms with van der Waals surface area (Å²) in [6.07, 6.45) is -0.679. The lowest BCUT2D eigenvalue weighted by Gasteiger charge is -2.05. The van der Waals surface area contributed by atoms with Gasteiger partial charge >= 0.3 is 6.09 Å². The Morgan fingerprint density at radius 3 is 2.57 bits per heavy atom. The average Bonchev–Trinajstić information content (AvgIpc) is 2.13. The number of hydrogen-bond acceptors (Lipinski definition) is 4. The van der Waals surface area contributed by atoms with Crippen LogP contribution in [0.5, 0.6) is 0 Å². The maximum Gasteiger partial charge on any atom is 0.407 e. The first kappa shape index (κ1) is 12.2. The van der Waals surface area contributed by atoms with Crippen LogP contribution in [0.15, 0.2) is 0 Å². The number of nitrogens with one attached hydrogen (secondary N) is 2. The molecule has 0 aliphatic rings. The molecule has 0 aromatic heterocycles. The molecule has 0 aromatic rings. The van der Waals surface area contributed by atoms with Crippen molar-refractivity contribution in [3.63, 3.8) is 0 Å². The molecule has 0 spiro atoms. The molecule has 0 unspecified atom stereocenters. The predicted octanol–water partition coefficient (Wildman–Crippen LogP) is -0.238. The minimum atomic E-state index is -0.512. The average molecular weight is 199 g/mol. The fourth-order valence-corrected chi connectivity index (χ4v) is 0.683. The predicted molar refractivity (Wildman–Crippen MR) is 48.3 cm³/mol. The zero-order chi connectivity index (χ0) is 10.8. The van der Waals surface area contributed by atoms with Gasteiger partial charge < -0.3 is 15.4 Å². The van der Waals surface area contributed by atoms with Crippen molar-refractivity contribution in [3.8, 4) is 6.07 Å². The second kappa shape index (κ2) is 7.86. The van der Waals surface area contributed by atoms with Crippen molar-refractivity contribution in [1.29, 1.82) is 5.26 Å². The molecule has 0 rings (SSSR count). The van der Waals surface area contributed by atoms with Gasteiger partial charge in [-0.1, -0.05) is 0 Å². The molecule has 0 fully saturated rings. The second-order valence-corrected chi connectivity index (χ2v) is 2.33. The number of nitriles is 1. The lowest BCUT2D eigenvalue weighted by molar-refractivity contribution is -0.120. The van der Waals surface area contributed by atoms with Gasteiger partial charge in [0.15, 0.2) is 0 Å². The number of hydrogen-bond donors (Lipinski definition) is 2. The normalized spacial score (nSPS) is 8.57. The van der Waals surface area contributed by atoms with Crippen LogP contribution >= 0.6 is 0 Å². The summed E-state index contributed by atoms with van der Waals surface area (Å²) in [5, 5.41) is 13.0. The Hall–Kier alpha value is -1.77. The summed E-state index contributed by atoms with van der Waals surface area (Å²) in [7, 11) is 0. The van der Waals surface area contributed by atoms with Gasteiger partial charge in [-0.05, 0) is 6.92 Å². The fourth-order valence-electron chi connectivity index (χ4n) is 0.683. The number of alkyl carbamates (subject to hydrolysis) is 1. The highest BCUT2D eigenvalue weighted by molar-refractivity contribution is 5.78. The van der Waals surface area contributed by atoms with Gasteiger partial charge in [-0.3, -0.25) is 4.79 Å². The fraction of sp³-hybridized carbons (Fsp3) is 0.625. The van der Waals surface area contributed by atoms with Crippen LogP contribution in [0, 0.1) is 11.3 Å². The van der Waals surface area contributed by atoms with Crippen LogP contribution in [0.1, 0.15) is 13.3 Å². The minimum Gasteiger partial charge on any atom is -0.450 e. The Morgan fingerprint density at radius 2 is 2.00 bits per heavy atom. The summed E-state index contributed by atoms with van der Waals surface area (Å²) in [5.74, 6) is -0.349. The number of rotatable bonds is 5. The van der Waals surface area contributed by atoms with E-state index in [-0.39, 0.29) is 18.9 Å². The van der Waals surface area contributed by atoms with E-state index >= 15 is 0 Å². The van der Waals surface area contributed by atoms with Gasteiger partial charge in [-0.2, -0.15) is 5.26 Å². The van der Waals surface area contributed by atoms with Crippen molar-refractivity contribution in [3.05, 3.63) is 0 Å². The Bertz CT molecular complexity index is 234. The number of ether oxygens (including phenoxy) is 1. The summed E-state index contributed by atoms with van der Waals surface area (Å²) < 4.78 is 4.58. The standard InChI is InChI=1S/C8H13N3O3/c1-2-14-8(13)11-6-5-10-7(12)3-4-9/h2-3,5-6H2,1H3,(H,10,12)(H,11,13). The molecule has 6 nitrogen and oxygen atoms in total. The van der Waals surface area contributed by atoms with Crippen LogP contribution in [0.25, 0.3) is 0 Å². The van der Waals surface area contributed by atoms with Crippen molar-refractivity contribution >= 4 is 12.0 Å². The highest BCUT2D eigenvalue weighted by atomic mass is 16.5. The number of nitrogens with zero attached hydrogens (tertiary/aromatic N) is 1. The third kappa shape index (κ3) is 6.91. The van der Waals surface area contributed by atoms with Crippen molar-refractivity contribution in [1.82, 2.24) is 10.6 Å². The lowest BCUT2D eigenvalue weighted by atomic mass is 10.4. The van der Waals surface area contributed by atoms with E-state index in [0.717, 1.165) is 0 Å². The summed E-state index contributed by atoms with van der Waals surface area (Å²) in [6, 6.07) is 1.71. The molecule has 78 valence electrons. The third-order valence-electron chi connectivity index (χ3n) is 1.23. The number of amides is 2. The Kier molecular flexibility index (Phi) is 6.86. The van der Waals surface area contributed by atoms with E-state index in [1.165, 1.54) is 0 Å². The Labute approximate surface area is 82.2 Å². The highest BCUT2D eigenvalue weighted by Crippen LogP contribution is 1.76. The van der Waals surface area contributed by atoms with Crippen LogP contribution in [0.3, 0.4) is 0 Å². The molecular weight excluding hydrogens is 186 g/mol. The van der Waals surface area contributed by atoms with Crippen molar-refractivity contribution in [2.24, 2.45) is 0 Å². The molecule has 2 amide bonds. The molecule has 0 heterocycles. The number of carbonyl (C=O) groups excluding carboxylic acids is 2. The first-order valence-electron chi connectivity index (χ1n) is 4.25. The Balaban J connectivity index is 3.34. The highest BCUT2D eigenvalue weighted by Gasteiger charge is 2.00. The van der Waals surface area contributed by atoms with E-state index in [0.29, 0.717) is 13.2 Å². The first-order chi connectivity index (χ1) is 6.70. The van der Waals surface area contributed by atoms with E-state index < -0.39 is 6.09 Å². The quantitative estimate of drug-likeness (QED) is 0.598. The van der Waals surface area contributed by atoms with Crippen molar-refractivity contribution in [2.75, 3.05) is 19.7 Å². The van der Waals surface area contributed by atoms with Gasteiger partial charge in [0.2, 0.25) is 5.91 Å². The smallest absolute Gasteiger partial charge is 0.407 e. The first-order valence-corrected chi connectivity index (χ1v) is 4.25. The molecule has 0 saturated heterocycles. The SMILES string of the molecule is CCOC(=O)NCCNC(=O)CC#N. The second-order valence-electron chi connectivity index (χ2n) is 2.33. The van der Waals surface area contributed by atoms with Crippen LogP contribution in [-0.4, -0.2) is 31.7 Å². The van der Waals surface area contributed by atoms with E-state index in [2.05, 4.69) is 15.4 Å². The van der Waals surface area contributed by atoms with E-state index in [4.69, 9.17) is 5.26 Å². The molecule has 6 heteroatoms. The van der Waals surface area contributed by atoms with E-state index in [9.17, 15) is 9.59 Å². The molecule has 0 atom stereocenters. The van der Waals surface area contributed by atoms with Crippen LogP contribution in [0.2, 0.25) is 0 Å². The zero-order valence-electron chi connectivity index (χ0n) is 8.00. The molecule has 0 bridgehead atoms. The molecule has 0 radical (unpaired) electrons. The zero-order valence-corrected chi connectivity index (χ0v) is 8.00. The van der Waals surface area contributed by atoms with E-state index in [1.807, 2.05) is 0 Å². The van der Waals surface area contributed by atoms with Crippen LogP contribution < -0.4 is 10.6 Å². The van der Waals surface area contributed by atoms with E-state index in [1.54, 1.807) is 13.0 Å². The molecular formula is C8H13N3O3. The van der Waals surface area contributed by atoms with Gasteiger partial charge in [-0.15, -0.1) is 0 Å². The maximum absolute atomic E-state index is 10.7. The van der Waals surface area contributed by atoms with Crippen LogP contribution in [-0.2, 0) is 9.53 Å². The largest absolute Gasteiger partial charge is 0.450 e. The molecule has 0 aromatic carbocycles. The van der Waals surface area contributed by atoms with Gasteiger partial charge in [0.1, 0.15) is 6.42 Å². The molecule has 0 aliphatic carbocycles. The van der Waals surface area contributed by atoms with Crippen molar-refractivity contribution < 1.29 is 14.3 Å². The molecule has 14 heavy (non-hydrogen) atoms. The van der Waals surface area contributed by atoms with Crippen molar-refractivity contribution in [2.45, 2.75) is 13.3 Å². The number of carbonyl (C=O) groups is 2. The maximum atomic E-state index is 10.7. The minimum absolute atomic E-state index is 0.167. The molecule has 2 N–H and O–H groups in total. The molecule has 0 aliphatic heterocycles. The molecule has 0 saturated carbocycles. The van der Waals surface area contributed by atoms with Gasteiger partial charge in [0, 0.05) is 13.1 Å². The van der Waals surface area contributed by atoms with Gasteiger partial charge in [0.05, 0.1) is 12.7 Å². The van der Waals surface area contributed by atoms with Crippen LogP contribution in [0.4, 0.5) is 4.79 Å². The third-order valence-corrected chi connectivity index (χ3v) is 1.23. The summed E-state index contributed by atoms with van der Waals surface area (Å²) in [5.41, 5.74) is 0. The Morgan fingerprint density at radius 1 is 1.36 bits per heavy atom. The summed E-state index contributed by atoms with van der Waals surface area (Å²) in [6.45, 7) is 2.59. The van der Waals surface area contributed by atoms with Gasteiger partial charge in [0.25, 0.3) is 0 Å². The monoisotopic (exact) mass is 199 g/mol. The summed E-state index contributed by atoms with van der Waals surface area (Å²) in [4.78, 5) is 21.5. The lowest BCUT2D eigenvalue weighted by Crippen LogP contribution is -2.34. The topological polar surface area (TPSA) is 91.2 Å². The van der Waals surface area contributed by atoms with Gasteiger partial charge in [-0.25, -0.2) is 4.79 Å². The summed E-state index contributed by atoms with van der Waals surface area (Å²) >= 11 is 0.